The molecule has 0 atom stereocenters. The number of phenols is 1. The van der Waals surface area contributed by atoms with E-state index in [0.29, 0.717) is 5.69 Å². The Morgan fingerprint density at radius 2 is 1.93 bits per heavy atom. The van der Waals surface area contributed by atoms with Crippen LogP contribution in [0.15, 0.2) is 36.5 Å². The van der Waals surface area contributed by atoms with Crippen molar-refractivity contribution in [2.45, 2.75) is 6.92 Å². The maximum atomic E-state index is 12.8. The first-order valence-corrected chi connectivity index (χ1v) is 9.49. The topological polar surface area (TPSA) is 90.2 Å². The average Bonchev–Trinajstić information content (AvgIpc) is 2.92. The van der Waals surface area contributed by atoms with Crippen LogP contribution in [0.1, 0.15) is 16.1 Å². The van der Waals surface area contributed by atoms with Gasteiger partial charge in [0.05, 0.1) is 32.7 Å². The highest BCUT2D eigenvalue weighted by Crippen LogP contribution is 2.36. The minimum Gasteiger partial charge on any atom is -0.633 e. The highest BCUT2D eigenvalue weighted by molar-refractivity contribution is 6.17. The van der Waals surface area contributed by atoms with Crippen molar-refractivity contribution in [1.82, 2.24) is 14.9 Å². The molecule has 0 unspecified atom stereocenters. The molecule has 0 aliphatic heterocycles. The van der Waals surface area contributed by atoms with Gasteiger partial charge in [0.15, 0.2) is 0 Å². The molecule has 4 aromatic rings. The number of likely N-dealkylation sites (N-methyl/N-ethyl adjacent to an activating group) is 1. The van der Waals surface area contributed by atoms with Crippen LogP contribution in [0, 0.1) is 12.1 Å². The number of carbonyl (C=O) groups is 1. The Morgan fingerprint density at radius 1 is 1.17 bits per heavy atom. The van der Waals surface area contributed by atoms with E-state index in [1.54, 1.807) is 32.4 Å². The lowest BCUT2D eigenvalue weighted by molar-refractivity contribution is -0.838. The maximum absolute atomic E-state index is 12.8. The molecular weight excluding hydrogens is 368 g/mol. The fourth-order valence-corrected chi connectivity index (χ4v) is 3.98. The Morgan fingerprint density at radius 3 is 2.66 bits per heavy atom. The van der Waals surface area contributed by atoms with Gasteiger partial charge in [-0.3, -0.25) is 9.78 Å². The maximum Gasteiger partial charge on any atom is 0.270 e. The fraction of sp³-hybridized carbons (Fsp3) is 0.273. The summed E-state index contributed by atoms with van der Waals surface area (Å²) >= 11 is 0. The Kier molecular flexibility index (Phi) is 4.44. The van der Waals surface area contributed by atoms with Crippen LogP contribution < -0.4 is 5.32 Å². The van der Waals surface area contributed by atoms with Crippen molar-refractivity contribution in [1.29, 1.82) is 0 Å². The Hall–Kier alpha value is -3.16. The minimum atomic E-state index is -0.470. The van der Waals surface area contributed by atoms with Crippen molar-refractivity contribution < 1.29 is 14.5 Å². The number of aromatic hydroxyl groups is 1. The van der Waals surface area contributed by atoms with E-state index in [2.05, 4.69) is 14.9 Å². The van der Waals surface area contributed by atoms with E-state index in [1.807, 2.05) is 32.2 Å². The molecule has 7 heteroatoms. The predicted molar refractivity (Wildman–Crippen MR) is 115 cm³/mol. The number of aromatic nitrogens is 2. The number of hydroxylamine groups is 3. The predicted octanol–water partition coefficient (Wildman–Crippen LogP) is 3.20. The zero-order valence-corrected chi connectivity index (χ0v) is 17.0. The van der Waals surface area contributed by atoms with E-state index >= 15 is 0 Å². The van der Waals surface area contributed by atoms with E-state index in [9.17, 15) is 15.1 Å². The van der Waals surface area contributed by atoms with Crippen LogP contribution in [0.3, 0.4) is 0 Å². The Labute approximate surface area is 168 Å². The molecule has 1 amide bonds. The van der Waals surface area contributed by atoms with Crippen molar-refractivity contribution in [2.75, 3.05) is 27.2 Å². The highest BCUT2D eigenvalue weighted by atomic mass is 16.5. The van der Waals surface area contributed by atoms with Gasteiger partial charge in [0.2, 0.25) is 0 Å². The monoisotopic (exact) mass is 392 g/mol. The molecule has 0 aliphatic rings. The summed E-state index contributed by atoms with van der Waals surface area (Å²) in [6, 6.07) is 9.19. The van der Waals surface area contributed by atoms with Crippen molar-refractivity contribution in [3.8, 4) is 5.75 Å². The van der Waals surface area contributed by atoms with Crippen molar-refractivity contribution in [2.24, 2.45) is 7.05 Å². The van der Waals surface area contributed by atoms with E-state index in [-0.39, 0.29) is 24.7 Å². The number of rotatable bonds is 4. The van der Waals surface area contributed by atoms with Gasteiger partial charge in [-0.1, -0.05) is 0 Å². The van der Waals surface area contributed by atoms with Gasteiger partial charge in [-0.05, 0) is 48.2 Å². The molecule has 150 valence electrons. The van der Waals surface area contributed by atoms with Gasteiger partial charge in [0.1, 0.15) is 11.4 Å². The summed E-state index contributed by atoms with van der Waals surface area (Å²) in [5.74, 6) is -0.101. The number of aryl methyl sites for hydroxylation is 2. The number of phenolic OH excluding ortho intramolecular Hbond substituents is 1. The molecule has 0 bridgehead atoms. The van der Waals surface area contributed by atoms with Gasteiger partial charge in [0, 0.05) is 34.9 Å². The summed E-state index contributed by atoms with van der Waals surface area (Å²) in [7, 11) is 5.08. The van der Waals surface area contributed by atoms with Crippen molar-refractivity contribution >= 4 is 38.5 Å². The summed E-state index contributed by atoms with van der Waals surface area (Å²) in [4.78, 5) is 17.1. The van der Waals surface area contributed by atoms with Crippen LogP contribution in [0.4, 0.5) is 0 Å². The number of nitrogens with one attached hydrogen (secondary N) is 1. The number of benzene rings is 2. The SMILES string of the molecule is Cc1c2ccnc(C(=O)NCC[N+](C)(C)[O-])c2cc2c3cc(O)ccc3n(C)c12. The third-order valence-corrected chi connectivity index (χ3v) is 5.41. The second-order valence-electron chi connectivity index (χ2n) is 7.97. The molecule has 0 aliphatic carbocycles. The molecule has 4 rings (SSSR count). The van der Waals surface area contributed by atoms with E-state index in [4.69, 9.17) is 0 Å². The molecule has 0 spiro atoms. The van der Waals surface area contributed by atoms with Crippen LogP contribution in [0.25, 0.3) is 32.6 Å². The van der Waals surface area contributed by atoms with Crippen LogP contribution in [-0.4, -0.2) is 52.4 Å². The second-order valence-corrected chi connectivity index (χ2v) is 7.97. The first-order valence-electron chi connectivity index (χ1n) is 9.49. The minimum absolute atomic E-state index is 0.199. The average molecular weight is 392 g/mol. The Balaban J connectivity index is 1.90. The van der Waals surface area contributed by atoms with Gasteiger partial charge in [-0.15, -0.1) is 0 Å². The summed E-state index contributed by atoms with van der Waals surface area (Å²) < 4.78 is 1.63. The van der Waals surface area contributed by atoms with Gasteiger partial charge < -0.3 is 24.8 Å². The van der Waals surface area contributed by atoms with Crippen LogP contribution in [-0.2, 0) is 7.05 Å². The van der Waals surface area contributed by atoms with Gasteiger partial charge in [0.25, 0.3) is 5.91 Å². The van der Waals surface area contributed by atoms with E-state index < -0.39 is 4.65 Å². The quantitative estimate of drug-likeness (QED) is 0.412. The van der Waals surface area contributed by atoms with E-state index in [0.717, 1.165) is 38.1 Å². The zero-order valence-electron chi connectivity index (χ0n) is 17.0. The first kappa shape index (κ1) is 19.2. The molecule has 2 heterocycles. The highest BCUT2D eigenvalue weighted by Gasteiger charge is 2.18. The van der Waals surface area contributed by atoms with Gasteiger partial charge >= 0.3 is 0 Å². The third-order valence-electron chi connectivity index (χ3n) is 5.41. The lowest BCUT2D eigenvalue weighted by atomic mass is 10.00. The zero-order chi connectivity index (χ0) is 20.9. The smallest absolute Gasteiger partial charge is 0.270 e. The number of quaternary nitrogens is 1. The summed E-state index contributed by atoms with van der Waals surface area (Å²) in [6.45, 7) is 2.58. The molecule has 0 radical (unpaired) electrons. The summed E-state index contributed by atoms with van der Waals surface area (Å²) in [5.41, 5.74) is 3.44. The molecule has 0 saturated heterocycles. The summed E-state index contributed by atoms with van der Waals surface area (Å²) in [5, 5.41) is 28.1. The van der Waals surface area contributed by atoms with E-state index in [1.165, 1.54) is 0 Å². The third kappa shape index (κ3) is 3.28. The van der Waals surface area contributed by atoms with Gasteiger partial charge in [-0.2, -0.15) is 0 Å². The second kappa shape index (κ2) is 6.72. The number of hydrogen-bond donors (Lipinski definition) is 2. The molecule has 7 nitrogen and oxygen atoms in total. The standard InChI is InChI=1S/C22H24N4O3/c1-13-15-7-8-23-20(22(28)24-9-10-26(3,4)29)17(15)12-18-16-11-14(27)5-6-19(16)25(2)21(13)18/h5-8,11-12,27H,9-10H2,1-4H3,(H,24,28). The van der Waals surface area contributed by atoms with Crippen LogP contribution >= 0.6 is 0 Å². The number of carbonyl (C=O) groups excluding carboxylic acids is 1. The number of hydrogen-bond acceptors (Lipinski definition) is 4. The molecule has 0 saturated carbocycles. The molecule has 29 heavy (non-hydrogen) atoms. The number of fused-ring (bicyclic) bond motifs is 4. The Bertz CT molecular complexity index is 1270. The number of pyridine rings is 1. The van der Waals surface area contributed by atoms with Crippen LogP contribution in [0.5, 0.6) is 5.75 Å². The summed E-state index contributed by atoms with van der Waals surface area (Å²) in [6.07, 6.45) is 1.64. The molecule has 0 fully saturated rings. The van der Waals surface area contributed by atoms with Gasteiger partial charge in [-0.25, -0.2) is 0 Å². The molecule has 2 aromatic heterocycles. The lowest BCUT2D eigenvalue weighted by Crippen LogP contribution is -2.40. The molecule has 2 N–H and O–H groups in total. The molecular formula is C22H24N4O3. The van der Waals surface area contributed by atoms with Crippen molar-refractivity contribution in [3.05, 3.63) is 53.0 Å². The van der Waals surface area contributed by atoms with Crippen LogP contribution in [0.2, 0.25) is 0 Å². The number of amides is 1. The largest absolute Gasteiger partial charge is 0.633 e. The first-order chi connectivity index (χ1) is 13.7. The number of nitrogens with zero attached hydrogens (tertiary/aromatic N) is 3. The molecule has 2 aromatic carbocycles. The normalized spacial score (nSPS) is 12.2. The van der Waals surface area contributed by atoms with Crippen molar-refractivity contribution in [3.63, 3.8) is 0 Å². The lowest BCUT2D eigenvalue weighted by Gasteiger charge is -2.33. The fourth-order valence-electron chi connectivity index (χ4n) is 3.98.